The van der Waals surface area contributed by atoms with Crippen LogP contribution in [0, 0.1) is 0 Å². The monoisotopic (exact) mass is 331 g/mol. The third-order valence-electron chi connectivity index (χ3n) is 5.18. The zero-order valence-corrected chi connectivity index (χ0v) is 15.1. The van der Waals surface area contributed by atoms with Crippen LogP contribution in [0.2, 0.25) is 0 Å². The molecule has 2 aliphatic heterocycles. The van der Waals surface area contributed by atoms with Gasteiger partial charge in [-0.3, -0.25) is 9.89 Å². The molecule has 3 heteroatoms. The quantitative estimate of drug-likeness (QED) is 0.821. The molecular weight excluding hydrogens is 306 g/mol. The van der Waals surface area contributed by atoms with Crippen molar-refractivity contribution in [2.45, 2.75) is 20.4 Å². The van der Waals surface area contributed by atoms with Crippen LogP contribution in [0.5, 0.6) is 0 Å². The molecule has 0 radical (unpaired) electrons. The molecule has 0 aromatic heterocycles. The fraction of sp³-hybridized carbons (Fsp3) is 0.318. The van der Waals surface area contributed by atoms with Crippen molar-refractivity contribution in [3.8, 4) is 0 Å². The minimum absolute atomic E-state index is 0.876. The van der Waals surface area contributed by atoms with Gasteiger partial charge in [-0.1, -0.05) is 62.4 Å². The normalized spacial score (nSPS) is 15.7. The van der Waals surface area contributed by atoms with E-state index in [0.29, 0.717) is 0 Å². The van der Waals surface area contributed by atoms with E-state index in [1.807, 2.05) is 0 Å². The second-order valence-electron chi connectivity index (χ2n) is 6.63. The van der Waals surface area contributed by atoms with E-state index in [4.69, 9.17) is 4.99 Å². The third-order valence-corrected chi connectivity index (χ3v) is 5.18. The average molecular weight is 331 g/mol. The van der Waals surface area contributed by atoms with Crippen molar-refractivity contribution in [2.75, 3.05) is 26.2 Å². The highest BCUT2D eigenvalue weighted by molar-refractivity contribution is 6.12. The Bertz CT molecular complexity index is 813. The Hall–Kier alpha value is -2.39. The smallest absolute Gasteiger partial charge is 0.136 e. The standard InChI is InChI=1S/C22H25N3/c1-3-24(4-2)16-17-9-11-18(12-10-17)21-15-19-7-5-6-8-20(19)22-23-13-14-25(21)22/h5-12,15H,3-4,13-14,16H2,1-2H3. The van der Waals surface area contributed by atoms with Crippen LogP contribution in [-0.2, 0) is 6.54 Å². The lowest BCUT2D eigenvalue weighted by atomic mass is 9.97. The highest BCUT2D eigenvalue weighted by atomic mass is 15.3. The minimum atomic E-state index is 0.876. The van der Waals surface area contributed by atoms with Gasteiger partial charge >= 0.3 is 0 Å². The van der Waals surface area contributed by atoms with Crippen molar-refractivity contribution >= 4 is 17.6 Å². The first kappa shape index (κ1) is 16.1. The lowest BCUT2D eigenvalue weighted by Gasteiger charge is -2.29. The molecule has 2 aromatic carbocycles. The van der Waals surface area contributed by atoms with Crippen LogP contribution in [-0.4, -0.2) is 41.8 Å². The SMILES string of the molecule is CCN(CC)Cc1ccc(C2=Cc3ccccc3C3=NCCN23)cc1. The lowest BCUT2D eigenvalue weighted by molar-refractivity contribution is 0.296. The maximum Gasteiger partial charge on any atom is 0.136 e. The number of hydrogen-bond donors (Lipinski definition) is 0. The zero-order valence-electron chi connectivity index (χ0n) is 15.1. The maximum absolute atomic E-state index is 4.75. The van der Waals surface area contributed by atoms with Crippen LogP contribution in [0.25, 0.3) is 11.8 Å². The fourth-order valence-corrected chi connectivity index (χ4v) is 3.69. The van der Waals surface area contributed by atoms with Crippen LogP contribution >= 0.6 is 0 Å². The Balaban J connectivity index is 1.66. The van der Waals surface area contributed by atoms with Crippen molar-refractivity contribution in [1.29, 1.82) is 0 Å². The number of nitrogens with zero attached hydrogens (tertiary/aromatic N) is 3. The van der Waals surface area contributed by atoms with Gasteiger partial charge in [0.15, 0.2) is 0 Å². The molecule has 128 valence electrons. The van der Waals surface area contributed by atoms with E-state index < -0.39 is 0 Å². The van der Waals surface area contributed by atoms with Crippen molar-refractivity contribution in [3.05, 3.63) is 70.8 Å². The summed E-state index contributed by atoms with van der Waals surface area (Å²) in [4.78, 5) is 9.55. The molecule has 0 bridgehead atoms. The van der Waals surface area contributed by atoms with Gasteiger partial charge in [-0.15, -0.1) is 0 Å². The van der Waals surface area contributed by atoms with Crippen LogP contribution in [0.15, 0.2) is 53.5 Å². The van der Waals surface area contributed by atoms with Gasteiger partial charge in [0, 0.05) is 18.7 Å². The largest absolute Gasteiger partial charge is 0.324 e. The first-order valence-electron chi connectivity index (χ1n) is 9.25. The number of rotatable bonds is 5. The summed E-state index contributed by atoms with van der Waals surface area (Å²) in [7, 11) is 0. The van der Waals surface area contributed by atoms with Crippen molar-refractivity contribution < 1.29 is 0 Å². The van der Waals surface area contributed by atoms with Crippen molar-refractivity contribution in [2.24, 2.45) is 4.99 Å². The van der Waals surface area contributed by atoms with Gasteiger partial charge in [-0.25, -0.2) is 0 Å². The molecule has 3 nitrogen and oxygen atoms in total. The summed E-state index contributed by atoms with van der Waals surface area (Å²) in [6.07, 6.45) is 2.30. The molecular formula is C22H25N3. The van der Waals surface area contributed by atoms with E-state index in [1.54, 1.807) is 0 Å². The Morgan fingerprint density at radius 1 is 1.00 bits per heavy atom. The molecule has 0 N–H and O–H groups in total. The summed E-state index contributed by atoms with van der Waals surface area (Å²) >= 11 is 0. The summed E-state index contributed by atoms with van der Waals surface area (Å²) in [5, 5.41) is 0. The minimum Gasteiger partial charge on any atom is -0.324 e. The average Bonchev–Trinajstić information content (AvgIpc) is 3.16. The number of hydrogen-bond acceptors (Lipinski definition) is 3. The zero-order chi connectivity index (χ0) is 17.2. The van der Waals surface area contributed by atoms with Gasteiger partial charge in [-0.2, -0.15) is 0 Å². The van der Waals surface area contributed by atoms with Crippen molar-refractivity contribution in [1.82, 2.24) is 9.80 Å². The number of fused-ring (bicyclic) bond motifs is 3. The molecule has 2 heterocycles. The second kappa shape index (κ2) is 6.85. The molecule has 0 spiro atoms. The summed E-state index contributed by atoms with van der Waals surface area (Å²) in [6.45, 7) is 9.48. The van der Waals surface area contributed by atoms with Crippen LogP contribution < -0.4 is 0 Å². The van der Waals surface area contributed by atoms with E-state index in [9.17, 15) is 0 Å². The highest BCUT2D eigenvalue weighted by Gasteiger charge is 2.28. The van der Waals surface area contributed by atoms with E-state index in [2.05, 4.69) is 78.3 Å². The molecule has 0 aliphatic carbocycles. The van der Waals surface area contributed by atoms with E-state index in [-0.39, 0.29) is 0 Å². The van der Waals surface area contributed by atoms with Gasteiger partial charge < -0.3 is 4.90 Å². The van der Waals surface area contributed by atoms with Crippen molar-refractivity contribution in [3.63, 3.8) is 0 Å². The molecule has 0 saturated heterocycles. The molecule has 4 rings (SSSR count). The molecule has 0 fully saturated rings. The van der Waals surface area contributed by atoms with Gasteiger partial charge in [0.1, 0.15) is 5.84 Å². The summed E-state index contributed by atoms with van der Waals surface area (Å²) < 4.78 is 0. The Kier molecular flexibility index (Phi) is 4.41. The topological polar surface area (TPSA) is 18.8 Å². The molecule has 25 heavy (non-hydrogen) atoms. The van der Waals surface area contributed by atoms with Gasteiger partial charge in [-0.05, 0) is 35.9 Å². The van der Waals surface area contributed by atoms with Gasteiger partial charge in [0.25, 0.3) is 0 Å². The second-order valence-corrected chi connectivity index (χ2v) is 6.63. The molecule has 0 atom stereocenters. The Labute approximate surface area is 150 Å². The predicted molar refractivity (Wildman–Crippen MR) is 105 cm³/mol. The number of aliphatic imine (C=N–C) groups is 1. The third kappa shape index (κ3) is 3.00. The summed E-state index contributed by atoms with van der Waals surface area (Å²) in [5.41, 5.74) is 6.43. The molecule has 0 amide bonds. The highest BCUT2D eigenvalue weighted by Crippen LogP contribution is 2.33. The Morgan fingerprint density at radius 2 is 1.76 bits per heavy atom. The fourth-order valence-electron chi connectivity index (χ4n) is 3.69. The van der Waals surface area contributed by atoms with Gasteiger partial charge in [0.2, 0.25) is 0 Å². The molecule has 2 aliphatic rings. The van der Waals surface area contributed by atoms with E-state index >= 15 is 0 Å². The van der Waals surface area contributed by atoms with Crippen LogP contribution in [0.1, 0.15) is 36.1 Å². The maximum atomic E-state index is 4.75. The Morgan fingerprint density at radius 3 is 2.52 bits per heavy atom. The predicted octanol–water partition coefficient (Wildman–Crippen LogP) is 4.10. The molecule has 0 unspecified atom stereocenters. The summed E-state index contributed by atoms with van der Waals surface area (Å²) in [6, 6.07) is 17.6. The molecule has 2 aromatic rings. The van der Waals surface area contributed by atoms with Gasteiger partial charge in [0.05, 0.1) is 12.2 Å². The number of amidine groups is 1. The first-order chi connectivity index (χ1) is 12.3. The summed E-state index contributed by atoms with van der Waals surface area (Å²) in [5.74, 6) is 1.13. The molecule has 0 saturated carbocycles. The first-order valence-corrected chi connectivity index (χ1v) is 9.25. The van der Waals surface area contributed by atoms with E-state index in [1.165, 1.54) is 28.0 Å². The van der Waals surface area contributed by atoms with Crippen LogP contribution in [0.3, 0.4) is 0 Å². The van der Waals surface area contributed by atoms with Crippen LogP contribution in [0.4, 0.5) is 0 Å². The number of benzene rings is 2. The van der Waals surface area contributed by atoms with E-state index in [0.717, 1.165) is 38.6 Å². The lowest BCUT2D eigenvalue weighted by Crippen LogP contribution is -2.30.